The fourth-order valence-electron chi connectivity index (χ4n) is 14.1. The Morgan fingerprint density at radius 2 is 0.957 bits per heavy atom. The van der Waals surface area contributed by atoms with Crippen LogP contribution >= 0.6 is 0 Å². The van der Waals surface area contributed by atoms with Crippen LogP contribution in [0.15, 0.2) is 95.4 Å². The summed E-state index contributed by atoms with van der Waals surface area (Å²) in [6.45, 7) is 33.4. The Labute approximate surface area is 418 Å². The molecule has 0 amide bonds. The number of anilines is 6. The molecule has 0 fully saturated rings. The molecular weight excluding hydrogens is 836 g/mol. The van der Waals surface area contributed by atoms with Gasteiger partial charge < -0.3 is 14.2 Å². The second kappa shape index (κ2) is 14.0. The van der Waals surface area contributed by atoms with Gasteiger partial charge in [0.05, 0.1) is 5.69 Å². The molecule has 0 unspecified atom stereocenters. The van der Waals surface area contributed by atoms with E-state index in [0.717, 1.165) is 106 Å². The number of hydrogen-bond donors (Lipinski definition) is 0. The van der Waals surface area contributed by atoms with E-state index in [2.05, 4.69) is 193 Å². The summed E-state index contributed by atoms with van der Waals surface area (Å²) in [4.78, 5) is 4.98. The van der Waals surface area contributed by atoms with E-state index in [-0.39, 0.29) is 44.6 Å². The van der Waals surface area contributed by atoms with Gasteiger partial charge in [0.15, 0.2) is 0 Å². The standard InChI is InChI=1S/C65H75BN2O/c1-38-31-53-57-54(32-38)68(50-24-22-41-40-19-17-18-20-55(40)69-58(41)56(50)59(2,3)4)52-37-47-45(63(11,12)28-30-65(47,15)16)35-49(52)66(57)48-34-44-46(64(13,14)29-27-62(44,9)10)36-51(48)67(53)39-21-23-42-43(33-39)61(7,8)26-25-60(42,5)6/h17-24,31-37H,25-30H2,1-16H3/i1D3. The van der Waals surface area contributed by atoms with Crippen molar-refractivity contribution in [3.8, 4) is 0 Å². The van der Waals surface area contributed by atoms with Gasteiger partial charge in [0.25, 0.3) is 6.71 Å². The monoisotopic (exact) mass is 914 g/mol. The molecule has 12 rings (SSSR count). The van der Waals surface area contributed by atoms with Gasteiger partial charge in [-0.05, 0) is 193 Å². The van der Waals surface area contributed by atoms with Crippen LogP contribution in [0, 0.1) is 6.85 Å². The van der Waals surface area contributed by atoms with E-state index in [9.17, 15) is 4.11 Å². The molecule has 0 atom stereocenters. The Morgan fingerprint density at radius 1 is 0.478 bits per heavy atom. The smallest absolute Gasteiger partial charge is 0.252 e. The maximum atomic E-state index is 9.31. The molecular formula is C65H75BN2O. The Morgan fingerprint density at radius 3 is 1.49 bits per heavy atom. The Kier molecular flexibility index (Phi) is 8.44. The zero-order chi connectivity index (χ0) is 51.4. The van der Waals surface area contributed by atoms with Gasteiger partial charge in [-0.25, -0.2) is 0 Å². The SMILES string of the molecule is [2H]C([2H])([2H])c1cc2c3c(c1)N(c1ccc4c(oc5ccccc54)c1C(C)(C)C)c1cc4c(cc1B3c1cc3c(cc1N2c1ccc2c(c1)C(C)(C)CCC2(C)C)C(C)(C)CCC3(C)C)C(C)(C)CCC4(C)C. The lowest BCUT2D eigenvalue weighted by atomic mass is 9.32. The third kappa shape index (κ3) is 6.37. The van der Waals surface area contributed by atoms with Crippen molar-refractivity contribution < 1.29 is 8.53 Å². The zero-order valence-electron chi connectivity index (χ0n) is 47.3. The first kappa shape index (κ1) is 41.6. The van der Waals surface area contributed by atoms with Gasteiger partial charge in [0.2, 0.25) is 0 Å². The van der Waals surface area contributed by atoms with Crippen LogP contribution in [0.25, 0.3) is 21.9 Å². The number of rotatable bonds is 2. The first-order valence-electron chi connectivity index (χ1n) is 27.7. The van der Waals surface area contributed by atoms with Crippen LogP contribution in [0.3, 0.4) is 0 Å². The molecule has 2 aliphatic heterocycles. The number of fused-ring (bicyclic) bond motifs is 10. The Hall–Kier alpha value is -5.22. The first-order valence-corrected chi connectivity index (χ1v) is 26.2. The van der Waals surface area contributed by atoms with Crippen molar-refractivity contribution in [3.63, 3.8) is 0 Å². The van der Waals surface area contributed by atoms with Crippen LogP contribution in [-0.2, 0) is 37.9 Å². The third-order valence-corrected chi connectivity index (χ3v) is 18.6. The minimum Gasteiger partial charge on any atom is -0.456 e. The van der Waals surface area contributed by atoms with E-state index >= 15 is 0 Å². The lowest BCUT2D eigenvalue weighted by molar-refractivity contribution is 0.332. The van der Waals surface area contributed by atoms with Gasteiger partial charge in [-0.1, -0.05) is 140 Å². The van der Waals surface area contributed by atoms with E-state index in [1.165, 1.54) is 44.3 Å². The van der Waals surface area contributed by atoms with Crippen LogP contribution in [0.5, 0.6) is 0 Å². The van der Waals surface area contributed by atoms with Crippen LogP contribution in [0.2, 0.25) is 0 Å². The number of aryl methyl sites for hydroxylation is 1. The molecule has 6 aromatic carbocycles. The van der Waals surface area contributed by atoms with Gasteiger partial charge in [0.1, 0.15) is 11.2 Å². The molecule has 1 aromatic heterocycles. The quantitative estimate of drug-likeness (QED) is 0.161. The fraction of sp³-hybridized carbons (Fsp3) is 0.446. The van der Waals surface area contributed by atoms with Gasteiger partial charge in [-0.2, -0.15) is 0 Å². The number of nitrogens with zero attached hydrogens (tertiary/aromatic N) is 2. The maximum absolute atomic E-state index is 9.31. The normalized spacial score (nSPS) is 21.6. The average Bonchev–Trinajstić information content (AvgIpc) is 3.67. The summed E-state index contributed by atoms with van der Waals surface area (Å²) < 4.78 is 34.9. The largest absolute Gasteiger partial charge is 0.456 e. The van der Waals surface area contributed by atoms with E-state index in [0.29, 0.717) is 5.56 Å². The lowest BCUT2D eigenvalue weighted by Gasteiger charge is -2.49. The minimum atomic E-state index is -2.39. The molecule has 3 aliphatic carbocycles. The Balaban J connectivity index is 1.27. The highest BCUT2D eigenvalue weighted by Crippen LogP contribution is 2.55. The molecule has 354 valence electrons. The zero-order valence-corrected chi connectivity index (χ0v) is 44.3. The summed E-state index contributed by atoms with van der Waals surface area (Å²) in [6.07, 6.45) is 6.64. The predicted octanol–water partition coefficient (Wildman–Crippen LogP) is 16.3. The van der Waals surface area contributed by atoms with Crippen molar-refractivity contribution in [3.05, 3.63) is 136 Å². The summed E-state index contributed by atoms with van der Waals surface area (Å²) in [5.41, 5.74) is 21.1. The molecule has 0 N–H and O–H groups in total. The van der Waals surface area contributed by atoms with Crippen molar-refractivity contribution in [2.45, 2.75) is 187 Å². The van der Waals surface area contributed by atoms with Crippen LogP contribution in [0.1, 0.15) is 191 Å². The molecule has 69 heavy (non-hydrogen) atoms. The first-order chi connectivity index (χ1) is 33.4. The molecule has 0 saturated heterocycles. The lowest BCUT2D eigenvalue weighted by Crippen LogP contribution is -2.62. The van der Waals surface area contributed by atoms with Crippen LogP contribution in [-0.4, -0.2) is 6.71 Å². The van der Waals surface area contributed by atoms with E-state index in [4.69, 9.17) is 4.42 Å². The highest BCUT2D eigenvalue weighted by Gasteiger charge is 2.49. The summed E-state index contributed by atoms with van der Waals surface area (Å²) in [7, 11) is 0. The predicted molar refractivity (Wildman–Crippen MR) is 297 cm³/mol. The maximum Gasteiger partial charge on any atom is 0.252 e. The third-order valence-electron chi connectivity index (χ3n) is 18.6. The van der Waals surface area contributed by atoms with Crippen molar-refractivity contribution >= 4 is 79.2 Å². The highest BCUT2D eigenvalue weighted by molar-refractivity contribution is 7.00. The molecule has 0 bridgehead atoms. The van der Waals surface area contributed by atoms with Gasteiger partial charge in [0, 0.05) is 48.9 Å². The van der Waals surface area contributed by atoms with E-state index in [1.54, 1.807) is 0 Å². The Bertz CT molecular complexity index is 3480. The van der Waals surface area contributed by atoms with Crippen molar-refractivity contribution in [1.82, 2.24) is 0 Å². The molecule has 0 radical (unpaired) electrons. The summed E-state index contributed by atoms with van der Waals surface area (Å²) in [6, 6.07) is 34.6. The average molecular weight is 914 g/mol. The minimum absolute atomic E-state index is 0.0298. The topological polar surface area (TPSA) is 19.6 Å². The van der Waals surface area contributed by atoms with Gasteiger partial charge in [-0.15, -0.1) is 0 Å². The molecule has 3 nitrogen and oxygen atoms in total. The second-order valence-corrected chi connectivity index (χ2v) is 27.2. The van der Waals surface area contributed by atoms with Gasteiger partial charge in [-0.3, -0.25) is 0 Å². The molecule has 4 heteroatoms. The van der Waals surface area contributed by atoms with Crippen molar-refractivity contribution in [1.29, 1.82) is 0 Å². The molecule has 3 heterocycles. The molecule has 7 aromatic rings. The van der Waals surface area contributed by atoms with Crippen molar-refractivity contribution in [2.24, 2.45) is 0 Å². The van der Waals surface area contributed by atoms with Crippen LogP contribution < -0.4 is 26.2 Å². The summed E-state index contributed by atoms with van der Waals surface area (Å²) in [5, 5.41) is 2.19. The number of para-hydroxylation sites is 1. The summed E-state index contributed by atoms with van der Waals surface area (Å²) in [5.74, 6) is 0. The van der Waals surface area contributed by atoms with Gasteiger partial charge >= 0.3 is 0 Å². The molecule has 0 saturated carbocycles. The summed E-state index contributed by atoms with van der Waals surface area (Å²) >= 11 is 0. The highest BCUT2D eigenvalue weighted by atomic mass is 16.3. The molecule has 5 aliphatic rings. The number of hydrogen-bond acceptors (Lipinski definition) is 3. The molecule has 0 spiro atoms. The number of furan rings is 1. The second-order valence-electron chi connectivity index (χ2n) is 27.2. The fourth-order valence-corrected chi connectivity index (χ4v) is 14.1. The van der Waals surface area contributed by atoms with Crippen molar-refractivity contribution in [2.75, 3.05) is 9.80 Å². The number of benzene rings is 6. The van der Waals surface area contributed by atoms with E-state index < -0.39 is 6.85 Å². The van der Waals surface area contributed by atoms with E-state index in [1.807, 2.05) is 12.1 Å². The van der Waals surface area contributed by atoms with Crippen LogP contribution in [0.4, 0.5) is 34.1 Å².